The number of nitrogens with zero attached hydrogens (tertiary/aromatic N) is 4. The van der Waals surface area contributed by atoms with E-state index in [9.17, 15) is 4.79 Å². The minimum Gasteiger partial charge on any atom is -0.460 e. The zero-order valence-electron chi connectivity index (χ0n) is 13.1. The van der Waals surface area contributed by atoms with Gasteiger partial charge >= 0.3 is 5.97 Å². The van der Waals surface area contributed by atoms with Crippen molar-refractivity contribution in [3.05, 3.63) is 11.6 Å². The Morgan fingerprint density at radius 1 is 1.24 bits per heavy atom. The first-order chi connectivity index (χ1) is 10.1. The van der Waals surface area contributed by atoms with Crippen LogP contribution in [0.25, 0.3) is 0 Å². The fourth-order valence-corrected chi connectivity index (χ4v) is 3.94. The first kappa shape index (κ1) is 14.5. The highest BCUT2D eigenvalue weighted by atomic mass is 16.5. The zero-order chi connectivity index (χ0) is 15.0. The van der Waals surface area contributed by atoms with Gasteiger partial charge in [-0.25, -0.2) is 4.79 Å². The number of aromatic nitrogens is 3. The van der Waals surface area contributed by atoms with Gasteiger partial charge in [-0.15, -0.1) is 10.2 Å². The summed E-state index contributed by atoms with van der Waals surface area (Å²) in [4.78, 5) is 14.6. The molecule has 2 aliphatic heterocycles. The lowest BCUT2D eigenvalue weighted by atomic mass is 9.82. The second-order valence-electron chi connectivity index (χ2n) is 6.19. The van der Waals surface area contributed by atoms with E-state index >= 15 is 0 Å². The number of carbonyl (C=O) groups is 1. The number of carbonyl (C=O) groups excluding carboxylic acids is 1. The second-order valence-corrected chi connectivity index (χ2v) is 6.19. The predicted molar refractivity (Wildman–Crippen MR) is 78.2 cm³/mol. The van der Waals surface area contributed by atoms with Crippen molar-refractivity contribution in [2.75, 3.05) is 13.7 Å². The van der Waals surface area contributed by atoms with Gasteiger partial charge in [-0.2, -0.15) is 0 Å². The fourth-order valence-electron chi connectivity index (χ4n) is 3.94. The Hall–Kier alpha value is -1.43. The van der Waals surface area contributed by atoms with Crippen LogP contribution in [0.2, 0.25) is 0 Å². The number of aryl methyl sites for hydroxylation is 1. The molecule has 2 fully saturated rings. The Morgan fingerprint density at radius 3 is 2.52 bits per heavy atom. The topological polar surface area (TPSA) is 60.2 Å². The maximum atomic E-state index is 12.1. The van der Waals surface area contributed by atoms with E-state index in [-0.39, 0.29) is 5.97 Å². The lowest BCUT2D eigenvalue weighted by Gasteiger charge is -2.47. The Bertz CT molecular complexity index is 514. The van der Waals surface area contributed by atoms with Gasteiger partial charge in [0.15, 0.2) is 0 Å². The summed E-state index contributed by atoms with van der Waals surface area (Å²) < 4.78 is 7.13. The monoisotopic (exact) mass is 292 g/mol. The molecule has 1 aromatic heterocycles. The number of piperidine rings is 2. The molecule has 116 valence electrons. The van der Waals surface area contributed by atoms with E-state index < -0.39 is 0 Å². The van der Waals surface area contributed by atoms with E-state index in [1.807, 2.05) is 18.4 Å². The Kier molecular flexibility index (Phi) is 3.97. The first-order valence-electron chi connectivity index (χ1n) is 7.92. The Balaban J connectivity index is 1.87. The fraction of sp³-hybridized carbons (Fsp3) is 0.800. The predicted octanol–water partition coefficient (Wildman–Crippen LogP) is 1.95. The van der Waals surface area contributed by atoms with Crippen molar-refractivity contribution < 1.29 is 9.53 Å². The first-order valence-corrected chi connectivity index (χ1v) is 7.92. The highest BCUT2D eigenvalue weighted by Crippen LogP contribution is 2.38. The van der Waals surface area contributed by atoms with Gasteiger partial charge in [0.25, 0.3) is 0 Å². The van der Waals surface area contributed by atoms with Crippen LogP contribution in [0.3, 0.4) is 0 Å². The van der Waals surface area contributed by atoms with Gasteiger partial charge in [0, 0.05) is 18.1 Å². The molecule has 2 bridgehead atoms. The molecule has 2 saturated heterocycles. The quantitative estimate of drug-likeness (QED) is 0.797. The average molecular weight is 292 g/mol. The average Bonchev–Trinajstić information content (AvgIpc) is 2.81. The smallest absolute Gasteiger partial charge is 0.376 e. The SMILES string of the molecule is CCOC(=O)c1nnc(C)n1C1CC2CCCC(C1)N2C. The third kappa shape index (κ3) is 2.57. The second kappa shape index (κ2) is 5.75. The molecule has 2 unspecified atom stereocenters. The van der Waals surface area contributed by atoms with Crippen molar-refractivity contribution in [2.45, 2.75) is 64.1 Å². The number of hydrogen-bond donors (Lipinski definition) is 0. The van der Waals surface area contributed by atoms with Crippen LogP contribution in [0.4, 0.5) is 0 Å². The van der Waals surface area contributed by atoms with Crippen molar-refractivity contribution in [1.82, 2.24) is 19.7 Å². The summed E-state index contributed by atoms with van der Waals surface area (Å²) in [5.41, 5.74) is 0. The van der Waals surface area contributed by atoms with Crippen molar-refractivity contribution >= 4 is 5.97 Å². The summed E-state index contributed by atoms with van der Waals surface area (Å²) in [5.74, 6) is 0.815. The summed E-state index contributed by atoms with van der Waals surface area (Å²) in [6.07, 6.45) is 5.95. The molecule has 0 aromatic carbocycles. The van der Waals surface area contributed by atoms with Gasteiger partial charge in [0.05, 0.1) is 6.61 Å². The summed E-state index contributed by atoms with van der Waals surface area (Å²) in [6.45, 7) is 4.10. The van der Waals surface area contributed by atoms with Crippen molar-refractivity contribution in [3.63, 3.8) is 0 Å². The van der Waals surface area contributed by atoms with Crippen molar-refractivity contribution in [2.24, 2.45) is 0 Å². The van der Waals surface area contributed by atoms with Crippen LogP contribution in [0.1, 0.15) is 61.5 Å². The highest BCUT2D eigenvalue weighted by molar-refractivity contribution is 5.85. The maximum absolute atomic E-state index is 12.1. The van der Waals surface area contributed by atoms with Gasteiger partial charge in [0.2, 0.25) is 5.82 Å². The van der Waals surface area contributed by atoms with E-state index in [0.29, 0.717) is 30.6 Å². The normalized spacial score (nSPS) is 29.4. The van der Waals surface area contributed by atoms with Gasteiger partial charge < -0.3 is 14.2 Å². The Labute approximate surface area is 125 Å². The molecule has 3 heterocycles. The molecule has 0 amide bonds. The number of hydrogen-bond acceptors (Lipinski definition) is 5. The maximum Gasteiger partial charge on any atom is 0.376 e. The van der Waals surface area contributed by atoms with Crippen LogP contribution < -0.4 is 0 Å². The lowest BCUT2D eigenvalue weighted by Crippen LogP contribution is -2.50. The molecule has 0 saturated carbocycles. The molecule has 1 aromatic rings. The molecule has 6 heteroatoms. The molecule has 6 nitrogen and oxygen atoms in total. The lowest BCUT2D eigenvalue weighted by molar-refractivity contribution is 0.0347. The molecule has 0 spiro atoms. The molecule has 0 N–H and O–H groups in total. The zero-order valence-corrected chi connectivity index (χ0v) is 13.1. The molecular weight excluding hydrogens is 268 g/mol. The van der Waals surface area contributed by atoms with E-state index in [0.717, 1.165) is 18.7 Å². The van der Waals surface area contributed by atoms with Crippen LogP contribution in [-0.2, 0) is 4.74 Å². The van der Waals surface area contributed by atoms with Crippen molar-refractivity contribution in [3.8, 4) is 0 Å². The molecule has 3 rings (SSSR count). The van der Waals surface area contributed by atoms with E-state index in [2.05, 4.69) is 22.1 Å². The minimum atomic E-state index is -0.359. The van der Waals surface area contributed by atoms with Crippen LogP contribution in [0.5, 0.6) is 0 Å². The molecule has 2 aliphatic rings. The summed E-state index contributed by atoms with van der Waals surface area (Å²) in [6, 6.07) is 1.53. The van der Waals surface area contributed by atoms with Crippen LogP contribution >= 0.6 is 0 Å². The summed E-state index contributed by atoms with van der Waals surface area (Å²) >= 11 is 0. The van der Waals surface area contributed by atoms with Gasteiger partial charge in [0.1, 0.15) is 5.82 Å². The summed E-state index contributed by atoms with van der Waals surface area (Å²) in [5, 5.41) is 8.15. The van der Waals surface area contributed by atoms with Gasteiger partial charge in [-0.3, -0.25) is 0 Å². The van der Waals surface area contributed by atoms with E-state index in [4.69, 9.17) is 4.74 Å². The molecule has 21 heavy (non-hydrogen) atoms. The van der Waals surface area contributed by atoms with E-state index in [1.165, 1.54) is 19.3 Å². The standard InChI is InChI=1S/C15H24N4O2/c1-4-21-15(20)14-17-16-10(2)19(14)13-8-11-6-5-7-12(9-13)18(11)3/h11-13H,4-9H2,1-3H3. The third-order valence-electron chi connectivity index (χ3n) is 5.00. The van der Waals surface area contributed by atoms with Gasteiger partial charge in [-0.1, -0.05) is 6.42 Å². The summed E-state index contributed by atoms with van der Waals surface area (Å²) in [7, 11) is 2.23. The molecule has 0 radical (unpaired) electrons. The third-order valence-corrected chi connectivity index (χ3v) is 5.00. The molecular formula is C15H24N4O2. The van der Waals surface area contributed by atoms with Crippen LogP contribution in [0, 0.1) is 6.92 Å². The molecule has 0 aliphatic carbocycles. The Morgan fingerprint density at radius 2 is 1.90 bits per heavy atom. The van der Waals surface area contributed by atoms with E-state index in [1.54, 1.807) is 0 Å². The minimum absolute atomic E-state index is 0.311. The van der Waals surface area contributed by atoms with Crippen LogP contribution in [-0.4, -0.2) is 51.4 Å². The number of esters is 1. The molecule has 2 atom stereocenters. The van der Waals surface area contributed by atoms with Gasteiger partial charge in [-0.05, 0) is 46.6 Å². The number of rotatable bonds is 3. The largest absolute Gasteiger partial charge is 0.460 e. The number of fused-ring (bicyclic) bond motifs is 2. The van der Waals surface area contributed by atoms with Crippen LogP contribution in [0.15, 0.2) is 0 Å². The number of ether oxygens (including phenoxy) is 1. The van der Waals surface area contributed by atoms with Crippen molar-refractivity contribution in [1.29, 1.82) is 0 Å². The highest BCUT2D eigenvalue weighted by Gasteiger charge is 2.38.